The Morgan fingerprint density at radius 2 is 1.62 bits per heavy atom. The fourth-order valence-corrected chi connectivity index (χ4v) is 4.03. The first-order chi connectivity index (χ1) is 16.3. The Hall–Kier alpha value is -4.04. The van der Waals surface area contributed by atoms with E-state index in [1.54, 1.807) is 36.4 Å². The fourth-order valence-electron chi connectivity index (χ4n) is 3.90. The number of non-ortho nitro benzene ring substituents is 1. The van der Waals surface area contributed by atoms with Gasteiger partial charge in [0.2, 0.25) is 0 Å². The van der Waals surface area contributed by atoms with Gasteiger partial charge in [0, 0.05) is 29.3 Å². The minimum Gasteiger partial charge on any atom is -0.507 e. The molecule has 4 rings (SSSR count). The number of aliphatic hydroxyl groups excluding tert-OH is 1. The second-order valence-corrected chi connectivity index (χ2v) is 8.16. The van der Waals surface area contributed by atoms with E-state index in [1.807, 2.05) is 0 Å². The van der Waals surface area contributed by atoms with E-state index in [1.165, 1.54) is 41.3 Å². The molecular formula is C25H18ClFN2O5. The van der Waals surface area contributed by atoms with Gasteiger partial charge < -0.3 is 10.0 Å². The highest BCUT2D eigenvalue weighted by Gasteiger charge is 2.45. The molecule has 1 atom stereocenters. The Morgan fingerprint density at radius 3 is 2.21 bits per heavy atom. The summed E-state index contributed by atoms with van der Waals surface area (Å²) in [5.41, 5.74) is 1.20. The maximum absolute atomic E-state index is 13.2. The highest BCUT2D eigenvalue weighted by molar-refractivity contribution is 6.46. The van der Waals surface area contributed by atoms with Crippen LogP contribution in [0.5, 0.6) is 0 Å². The van der Waals surface area contributed by atoms with Gasteiger partial charge in [0.25, 0.3) is 17.4 Å². The third-order valence-electron chi connectivity index (χ3n) is 5.63. The molecule has 1 saturated heterocycles. The van der Waals surface area contributed by atoms with E-state index in [2.05, 4.69) is 0 Å². The number of likely N-dealkylation sites (tertiary alicyclic amines) is 1. The van der Waals surface area contributed by atoms with Crippen molar-refractivity contribution in [3.8, 4) is 0 Å². The summed E-state index contributed by atoms with van der Waals surface area (Å²) in [6, 6.07) is 16.5. The molecule has 3 aromatic rings. The van der Waals surface area contributed by atoms with Crippen LogP contribution in [-0.2, 0) is 16.0 Å². The summed E-state index contributed by atoms with van der Waals surface area (Å²) in [6.45, 7) is 0.139. The van der Waals surface area contributed by atoms with E-state index in [4.69, 9.17) is 11.6 Å². The van der Waals surface area contributed by atoms with Crippen molar-refractivity contribution in [2.75, 3.05) is 6.54 Å². The lowest BCUT2D eigenvalue weighted by Gasteiger charge is -2.25. The Bertz CT molecular complexity index is 1290. The second kappa shape index (κ2) is 9.44. The Kier molecular flexibility index (Phi) is 6.43. The predicted molar refractivity (Wildman–Crippen MR) is 124 cm³/mol. The quantitative estimate of drug-likeness (QED) is 0.175. The Morgan fingerprint density at radius 1 is 1.00 bits per heavy atom. The maximum Gasteiger partial charge on any atom is 0.295 e. The highest BCUT2D eigenvalue weighted by Crippen LogP contribution is 2.40. The van der Waals surface area contributed by atoms with E-state index >= 15 is 0 Å². The molecule has 1 unspecified atom stereocenters. The lowest BCUT2D eigenvalue weighted by Crippen LogP contribution is -2.31. The van der Waals surface area contributed by atoms with Crippen LogP contribution in [0.3, 0.4) is 0 Å². The Balaban J connectivity index is 1.75. The number of ketones is 1. The molecule has 0 aromatic heterocycles. The van der Waals surface area contributed by atoms with Crippen LogP contribution < -0.4 is 0 Å². The van der Waals surface area contributed by atoms with Crippen molar-refractivity contribution in [1.29, 1.82) is 0 Å². The van der Waals surface area contributed by atoms with Crippen LogP contribution in [0.4, 0.5) is 10.1 Å². The molecule has 9 heteroatoms. The normalized spacial score (nSPS) is 17.2. The minimum atomic E-state index is -0.895. The van der Waals surface area contributed by atoms with Gasteiger partial charge in [-0.2, -0.15) is 0 Å². The number of halogens is 2. The number of amides is 1. The molecule has 1 aliphatic rings. The van der Waals surface area contributed by atoms with Crippen molar-refractivity contribution in [3.63, 3.8) is 0 Å². The summed E-state index contributed by atoms with van der Waals surface area (Å²) >= 11 is 6.01. The molecule has 1 aliphatic heterocycles. The summed E-state index contributed by atoms with van der Waals surface area (Å²) in [7, 11) is 0. The summed E-state index contributed by atoms with van der Waals surface area (Å²) in [5.74, 6) is -2.47. The van der Waals surface area contributed by atoms with Gasteiger partial charge in [0.15, 0.2) is 0 Å². The molecule has 7 nitrogen and oxygen atoms in total. The number of hydrogen-bond donors (Lipinski definition) is 1. The lowest BCUT2D eigenvalue weighted by molar-refractivity contribution is -0.384. The number of nitro groups is 1. The highest BCUT2D eigenvalue weighted by atomic mass is 35.5. The van der Waals surface area contributed by atoms with Gasteiger partial charge in [0.05, 0.1) is 16.5 Å². The number of carbonyl (C=O) groups excluding carboxylic acids is 2. The van der Waals surface area contributed by atoms with Gasteiger partial charge in [-0.25, -0.2) is 4.39 Å². The van der Waals surface area contributed by atoms with Crippen LogP contribution in [0.15, 0.2) is 78.4 Å². The van der Waals surface area contributed by atoms with Crippen LogP contribution in [-0.4, -0.2) is 33.2 Å². The third-order valence-corrected chi connectivity index (χ3v) is 5.88. The topological polar surface area (TPSA) is 101 Å². The standard InChI is InChI=1S/C25H18ClFN2O5/c26-18-7-3-16(4-8-18)22-21(23(30)17-5-11-20(12-6-17)29(33)34)24(31)25(32)28(22)14-13-15-1-9-19(27)10-2-15/h1-12,22,30H,13-14H2/b23-21-. The van der Waals surface area contributed by atoms with Crippen LogP contribution in [0.2, 0.25) is 5.02 Å². The first kappa shape index (κ1) is 23.1. The molecule has 1 N–H and O–H groups in total. The van der Waals surface area contributed by atoms with Gasteiger partial charge in [-0.1, -0.05) is 35.9 Å². The molecule has 0 spiro atoms. The van der Waals surface area contributed by atoms with Crippen LogP contribution in [0, 0.1) is 15.9 Å². The van der Waals surface area contributed by atoms with E-state index in [0.717, 1.165) is 5.56 Å². The smallest absolute Gasteiger partial charge is 0.295 e. The molecule has 1 heterocycles. The molecule has 0 bridgehead atoms. The number of nitro benzene ring substituents is 1. The Labute approximate surface area is 198 Å². The van der Waals surface area contributed by atoms with Crippen molar-refractivity contribution < 1.29 is 24.0 Å². The zero-order valence-corrected chi connectivity index (χ0v) is 18.4. The molecule has 34 heavy (non-hydrogen) atoms. The van der Waals surface area contributed by atoms with Gasteiger partial charge in [-0.3, -0.25) is 19.7 Å². The van der Waals surface area contributed by atoms with Crippen LogP contribution >= 0.6 is 11.6 Å². The summed E-state index contributed by atoms with van der Waals surface area (Å²) < 4.78 is 13.2. The van der Waals surface area contributed by atoms with Crippen molar-refractivity contribution in [2.24, 2.45) is 0 Å². The van der Waals surface area contributed by atoms with Crippen LogP contribution in [0.1, 0.15) is 22.7 Å². The molecule has 0 aliphatic carbocycles. The average molecular weight is 481 g/mol. The molecule has 172 valence electrons. The number of aliphatic hydroxyl groups is 1. The number of Topliss-reactive ketones (excluding diaryl/α,β-unsaturated/α-hetero) is 1. The van der Waals surface area contributed by atoms with Crippen molar-refractivity contribution >= 4 is 34.7 Å². The zero-order chi connectivity index (χ0) is 24.4. The molecule has 0 saturated carbocycles. The van der Waals surface area contributed by atoms with Crippen molar-refractivity contribution in [1.82, 2.24) is 4.90 Å². The molecular weight excluding hydrogens is 463 g/mol. The molecule has 3 aromatic carbocycles. The summed E-state index contributed by atoms with van der Waals surface area (Å²) in [4.78, 5) is 37.7. The molecule has 0 radical (unpaired) electrons. The van der Waals surface area contributed by atoms with Crippen molar-refractivity contribution in [2.45, 2.75) is 12.5 Å². The SMILES string of the molecule is O=C1C(=O)N(CCc2ccc(F)cc2)C(c2ccc(Cl)cc2)/C1=C(/O)c1ccc([N+](=O)[O-])cc1. The van der Waals surface area contributed by atoms with Crippen LogP contribution in [0.25, 0.3) is 5.76 Å². The molecule has 1 amide bonds. The van der Waals surface area contributed by atoms with E-state index in [9.17, 15) is 29.2 Å². The summed E-state index contributed by atoms with van der Waals surface area (Å²) in [6.07, 6.45) is 0.356. The van der Waals surface area contributed by atoms with E-state index in [-0.39, 0.29) is 29.2 Å². The number of nitrogens with zero attached hydrogens (tertiary/aromatic N) is 2. The number of carbonyl (C=O) groups is 2. The first-order valence-electron chi connectivity index (χ1n) is 10.3. The molecule has 1 fully saturated rings. The van der Waals surface area contributed by atoms with Gasteiger partial charge >= 0.3 is 0 Å². The van der Waals surface area contributed by atoms with Gasteiger partial charge in [-0.15, -0.1) is 0 Å². The third kappa shape index (κ3) is 4.53. The minimum absolute atomic E-state index is 0.125. The van der Waals surface area contributed by atoms with Gasteiger partial charge in [0.1, 0.15) is 11.6 Å². The monoisotopic (exact) mass is 480 g/mol. The lowest BCUT2D eigenvalue weighted by atomic mass is 9.95. The van der Waals surface area contributed by atoms with Crippen molar-refractivity contribution in [3.05, 3.63) is 116 Å². The second-order valence-electron chi connectivity index (χ2n) is 7.72. The summed E-state index contributed by atoms with van der Waals surface area (Å²) in [5, 5.41) is 22.4. The van der Waals surface area contributed by atoms with E-state index in [0.29, 0.717) is 17.0 Å². The number of rotatable bonds is 6. The number of benzene rings is 3. The zero-order valence-electron chi connectivity index (χ0n) is 17.7. The first-order valence-corrected chi connectivity index (χ1v) is 10.7. The maximum atomic E-state index is 13.2. The largest absolute Gasteiger partial charge is 0.507 e. The average Bonchev–Trinajstić information content (AvgIpc) is 3.08. The predicted octanol–water partition coefficient (Wildman–Crippen LogP) is 5.05. The fraction of sp³-hybridized carbons (Fsp3) is 0.120. The van der Waals surface area contributed by atoms with E-state index < -0.39 is 28.4 Å². The number of hydrogen-bond acceptors (Lipinski definition) is 5. The van der Waals surface area contributed by atoms with Gasteiger partial charge in [-0.05, 0) is 53.9 Å².